The lowest BCUT2D eigenvalue weighted by molar-refractivity contribution is 0.0722. The lowest BCUT2D eigenvalue weighted by Crippen LogP contribution is -2.44. The van der Waals surface area contributed by atoms with Crippen molar-refractivity contribution in [2.24, 2.45) is 5.73 Å². The number of nitrogens with two attached hydrogens (primary N) is 1. The van der Waals surface area contributed by atoms with Gasteiger partial charge in [0.25, 0.3) is 5.91 Å². The molecule has 1 aliphatic carbocycles. The molecule has 4 rings (SSSR count). The first-order valence-electron chi connectivity index (χ1n) is 7.84. The smallest absolute Gasteiger partial charge is 0.255 e. The molecule has 1 atom stereocenters. The molecule has 8 heteroatoms. The minimum Gasteiger partial charge on any atom is -0.337 e. The predicted molar refractivity (Wildman–Crippen MR) is 91.7 cm³/mol. The van der Waals surface area contributed by atoms with Gasteiger partial charge < -0.3 is 15.2 Å². The van der Waals surface area contributed by atoms with Crippen LogP contribution in [0.15, 0.2) is 28.8 Å². The van der Waals surface area contributed by atoms with Crippen LogP contribution < -0.4 is 5.73 Å². The molecule has 2 aromatic rings. The summed E-state index contributed by atoms with van der Waals surface area (Å²) in [5, 5.41) is 4.66. The van der Waals surface area contributed by atoms with Crippen LogP contribution >= 0.6 is 23.4 Å². The Kier molecular flexibility index (Phi) is 4.02. The van der Waals surface area contributed by atoms with Crippen molar-refractivity contribution in [2.45, 2.75) is 30.8 Å². The molecule has 1 saturated carbocycles. The monoisotopic (exact) mass is 364 g/mol. The molecule has 1 aromatic carbocycles. The van der Waals surface area contributed by atoms with Crippen molar-refractivity contribution in [2.75, 3.05) is 11.6 Å². The highest BCUT2D eigenvalue weighted by molar-refractivity contribution is 7.99. The SMILES string of the molecule is NC1(c2noc(C3CSCN3C(=O)c3ccc(Cl)cc3)n2)CCC1. The molecule has 2 N–H and O–H groups in total. The molecule has 1 unspecified atom stereocenters. The van der Waals surface area contributed by atoms with Gasteiger partial charge in [0.1, 0.15) is 6.04 Å². The fourth-order valence-electron chi connectivity index (χ4n) is 2.96. The second kappa shape index (κ2) is 6.06. The van der Waals surface area contributed by atoms with E-state index < -0.39 is 5.54 Å². The molecule has 0 spiro atoms. The van der Waals surface area contributed by atoms with Crippen molar-refractivity contribution < 1.29 is 9.32 Å². The van der Waals surface area contributed by atoms with Crippen LogP contribution in [0.5, 0.6) is 0 Å². The summed E-state index contributed by atoms with van der Waals surface area (Å²) in [7, 11) is 0. The second-order valence-electron chi connectivity index (χ2n) is 6.26. The zero-order chi connectivity index (χ0) is 16.7. The first kappa shape index (κ1) is 15.9. The van der Waals surface area contributed by atoms with Crippen LogP contribution in [0.4, 0.5) is 0 Å². The number of carbonyl (C=O) groups is 1. The summed E-state index contributed by atoms with van der Waals surface area (Å²) in [6.45, 7) is 0. The van der Waals surface area contributed by atoms with Gasteiger partial charge in [0.15, 0.2) is 5.82 Å². The molecule has 1 amide bonds. The van der Waals surface area contributed by atoms with Gasteiger partial charge in [0, 0.05) is 16.3 Å². The van der Waals surface area contributed by atoms with Gasteiger partial charge >= 0.3 is 0 Å². The number of halogens is 1. The van der Waals surface area contributed by atoms with E-state index in [4.69, 9.17) is 21.9 Å². The Morgan fingerprint density at radius 2 is 2.12 bits per heavy atom. The summed E-state index contributed by atoms with van der Waals surface area (Å²) in [5.41, 5.74) is 6.39. The quantitative estimate of drug-likeness (QED) is 0.901. The van der Waals surface area contributed by atoms with Crippen molar-refractivity contribution in [3.63, 3.8) is 0 Å². The van der Waals surface area contributed by atoms with Gasteiger partial charge in [0.05, 0.1) is 11.4 Å². The zero-order valence-corrected chi connectivity index (χ0v) is 14.5. The molecule has 24 heavy (non-hydrogen) atoms. The van der Waals surface area contributed by atoms with Crippen LogP contribution in [-0.4, -0.2) is 32.6 Å². The Balaban J connectivity index is 1.56. The number of hydrogen-bond acceptors (Lipinski definition) is 6. The largest absolute Gasteiger partial charge is 0.337 e. The lowest BCUT2D eigenvalue weighted by atomic mass is 9.77. The third kappa shape index (κ3) is 2.70. The molecule has 126 valence electrons. The van der Waals surface area contributed by atoms with E-state index in [1.165, 1.54) is 0 Å². The molecule has 1 aromatic heterocycles. The van der Waals surface area contributed by atoms with E-state index in [0.717, 1.165) is 25.0 Å². The summed E-state index contributed by atoms with van der Waals surface area (Å²) in [5.74, 6) is 2.29. The van der Waals surface area contributed by atoms with Gasteiger partial charge in [0.2, 0.25) is 5.89 Å². The Labute approximate surface area is 148 Å². The summed E-state index contributed by atoms with van der Waals surface area (Å²) in [6.07, 6.45) is 2.83. The first-order chi connectivity index (χ1) is 11.6. The van der Waals surface area contributed by atoms with Gasteiger partial charge in [-0.05, 0) is 43.5 Å². The molecule has 2 aliphatic rings. The van der Waals surface area contributed by atoms with Gasteiger partial charge in [-0.15, -0.1) is 11.8 Å². The van der Waals surface area contributed by atoms with E-state index in [0.29, 0.717) is 28.2 Å². The van der Waals surface area contributed by atoms with Crippen molar-refractivity contribution in [3.8, 4) is 0 Å². The number of rotatable bonds is 3. The molecule has 0 radical (unpaired) electrons. The average molecular weight is 365 g/mol. The van der Waals surface area contributed by atoms with E-state index in [9.17, 15) is 4.79 Å². The number of aromatic nitrogens is 2. The number of hydrogen-bond donors (Lipinski definition) is 1. The fraction of sp³-hybridized carbons (Fsp3) is 0.438. The molecular weight excluding hydrogens is 348 g/mol. The molecule has 2 heterocycles. The van der Waals surface area contributed by atoms with E-state index in [-0.39, 0.29) is 11.9 Å². The third-order valence-electron chi connectivity index (χ3n) is 4.65. The number of carbonyl (C=O) groups excluding carboxylic acids is 1. The molecule has 6 nitrogen and oxygen atoms in total. The van der Waals surface area contributed by atoms with Crippen LogP contribution in [0, 0.1) is 0 Å². The van der Waals surface area contributed by atoms with Crippen LogP contribution in [0.1, 0.15) is 47.4 Å². The number of benzene rings is 1. The predicted octanol–water partition coefficient (Wildman–Crippen LogP) is 2.95. The Morgan fingerprint density at radius 1 is 1.38 bits per heavy atom. The van der Waals surface area contributed by atoms with Crippen LogP contribution in [0.3, 0.4) is 0 Å². The minimum absolute atomic E-state index is 0.0625. The summed E-state index contributed by atoms with van der Waals surface area (Å²) in [4.78, 5) is 19.0. The van der Waals surface area contributed by atoms with Crippen molar-refractivity contribution in [1.29, 1.82) is 0 Å². The normalized spacial score (nSPS) is 22.4. The maximum absolute atomic E-state index is 12.8. The second-order valence-corrected chi connectivity index (χ2v) is 7.70. The third-order valence-corrected chi connectivity index (χ3v) is 5.92. The maximum Gasteiger partial charge on any atom is 0.255 e. The Bertz CT molecular complexity index is 760. The van der Waals surface area contributed by atoms with E-state index in [2.05, 4.69) is 10.1 Å². The first-order valence-corrected chi connectivity index (χ1v) is 9.37. The van der Waals surface area contributed by atoms with Crippen molar-refractivity contribution >= 4 is 29.3 Å². The number of nitrogens with zero attached hydrogens (tertiary/aromatic N) is 3. The van der Waals surface area contributed by atoms with E-state index in [1.807, 2.05) is 0 Å². The van der Waals surface area contributed by atoms with Crippen LogP contribution in [-0.2, 0) is 5.54 Å². The highest BCUT2D eigenvalue weighted by Gasteiger charge is 2.41. The van der Waals surface area contributed by atoms with E-state index in [1.54, 1.807) is 40.9 Å². The minimum atomic E-state index is -0.460. The standard InChI is InChI=1S/C16H17ClN4O2S/c17-11-4-2-10(3-5-11)14(22)21-9-24-8-12(21)13-19-15(20-23-13)16(18)6-1-7-16/h2-5,12H,1,6-9,18H2. The number of amides is 1. The molecule has 0 bridgehead atoms. The Hall–Kier alpha value is -1.57. The van der Waals surface area contributed by atoms with Crippen molar-refractivity contribution in [3.05, 3.63) is 46.6 Å². The summed E-state index contributed by atoms with van der Waals surface area (Å²) >= 11 is 7.56. The highest BCUT2D eigenvalue weighted by Crippen LogP contribution is 2.39. The molecule has 2 fully saturated rings. The van der Waals surface area contributed by atoms with Crippen molar-refractivity contribution in [1.82, 2.24) is 15.0 Å². The zero-order valence-electron chi connectivity index (χ0n) is 12.9. The fourth-order valence-corrected chi connectivity index (χ4v) is 4.23. The van der Waals surface area contributed by atoms with Gasteiger partial charge in [-0.3, -0.25) is 4.79 Å². The maximum atomic E-state index is 12.8. The Morgan fingerprint density at radius 3 is 2.79 bits per heavy atom. The van der Waals surface area contributed by atoms with Gasteiger partial charge in [-0.2, -0.15) is 4.98 Å². The van der Waals surface area contributed by atoms with Gasteiger partial charge in [-0.1, -0.05) is 16.8 Å². The number of thioether (sulfide) groups is 1. The molecule has 1 aliphatic heterocycles. The average Bonchev–Trinajstić information content (AvgIpc) is 3.21. The molecule has 1 saturated heterocycles. The topological polar surface area (TPSA) is 85.2 Å². The van der Waals surface area contributed by atoms with Crippen LogP contribution in [0.2, 0.25) is 5.02 Å². The van der Waals surface area contributed by atoms with Crippen LogP contribution in [0.25, 0.3) is 0 Å². The summed E-state index contributed by atoms with van der Waals surface area (Å²) in [6, 6.07) is 6.67. The molecular formula is C16H17ClN4O2S. The lowest BCUT2D eigenvalue weighted by Gasteiger charge is -2.34. The highest BCUT2D eigenvalue weighted by atomic mass is 35.5. The summed E-state index contributed by atoms with van der Waals surface area (Å²) < 4.78 is 5.44. The van der Waals surface area contributed by atoms with Gasteiger partial charge in [-0.25, -0.2) is 0 Å². The van der Waals surface area contributed by atoms with E-state index >= 15 is 0 Å².